The maximum absolute atomic E-state index is 12.4. The van der Waals surface area contributed by atoms with Gasteiger partial charge in [-0.1, -0.05) is 29.8 Å². The fraction of sp³-hybridized carbons (Fsp3) is 0.333. The number of ether oxygens (including phenoxy) is 1. The summed E-state index contributed by atoms with van der Waals surface area (Å²) in [6.45, 7) is 2.63. The van der Waals surface area contributed by atoms with E-state index in [1.54, 1.807) is 36.1 Å². The van der Waals surface area contributed by atoms with Gasteiger partial charge in [0, 0.05) is 22.7 Å². The van der Waals surface area contributed by atoms with Crippen LogP contribution < -0.4 is 5.73 Å². The molecule has 1 fully saturated rings. The quantitative estimate of drug-likeness (QED) is 0.639. The number of rotatable bonds is 3. The highest BCUT2D eigenvalue weighted by molar-refractivity contribution is 6.33. The van der Waals surface area contributed by atoms with Gasteiger partial charge in [-0.2, -0.15) is 4.98 Å². The fourth-order valence-corrected chi connectivity index (χ4v) is 3.97. The standard InChI is InChI=1S/C21H22ClN5O3/c1-2-30-21(29)27-10-6-5-9-16(27)19-24-17(23)14-11-13(20(28)26-18(14)25-19)12-7-3-4-8-15(12)22/h3-4,7-8,11,16H,2,5-6,9-10H2,1H3,(H3,23,24,25,26,28). The minimum Gasteiger partial charge on any atom is -0.493 e. The summed E-state index contributed by atoms with van der Waals surface area (Å²) in [5.41, 5.74) is 7.58. The molecule has 8 nitrogen and oxygen atoms in total. The Labute approximate surface area is 178 Å². The smallest absolute Gasteiger partial charge is 0.410 e. The molecule has 0 radical (unpaired) electrons. The Morgan fingerprint density at radius 2 is 2.07 bits per heavy atom. The van der Waals surface area contributed by atoms with Crippen LogP contribution in [0.25, 0.3) is 22.2 Å². The average molecular weight is 428 g/mol. The molecule has 1 aromatic carbocycles. The minimum atomic E-state index is -0.394. The van der Waals surface area contributed by atoms with E-state index in [4.69, 9.17) is 22.1 Å². The van der Waals surface area contributed by atoms with Gasteiger partial charge in [0.2, 0.25) is 5.88 Å². The van der Waals surface area contributed by atoms with Crippen molar-refractivity contribution >= 4 is 34.5 Å². The van der Waals surface area contributed by atoms with Crippen LogP contribution in [0, 0.1) is 0 Å². The summed E-state index contributed by atoms with van der Waals surface area (Å²) in [6.07, 6.45) is 2.13. The number of hydrogen-bond donors (Lipinski definition) is 2. The van der Waals surface area contributed by atoms with Crippen molar-refractivity contribution in [3.8, 4) is 17.0 Å². The fourth-order valence-electron chi connectivity index (χ4n) is 3.74. The second-order valence-corrected chi connectivity index (χ2v) is 7.49. The highest BCUT2D eigenvalue weighted by Crippen LogP contribution is 2.37. The number of carbonyl (C=O) groups excluding carboxylic acids is 1. The number of anilines is 1. The first-order valence-electron chi connectivity index (χ1n) is 9.85. The van der Waals surface area contributed by atoms with Crippen LogP contribution >= 0.6 is 11.6 Å². The average Bonchev–Trinajstić information content (AvgIpc) is 2.74. The molecule has 3 aromatic rings. The predicted octanol–water partition coefficient (Wildman–Crippen LogP) is 4.32. The number of nitrogens with zero attached hydrogens (tertiary/aromatic N) is 4. The zero-order valence-corrected chi connectivity index (χ0v) is 17.3. The normalized spacial score (nSPS) is 16.6. The van der Waals surface area contributed by atoms with Crippen molar-refractivity contribution < 1.29 is 14.6 Å². The van der Waals surface area contributed by atoms with E-state index in [9.17, 15) is 9.90 Å². The number of pyridine rings is 1. The summed E-state index contributed by atoms with van der Waals surface area (Å²) < 4.78 is 5.18. The SMILES string of the molecule is CCOC(=O)N1CCCCC1c1nc(N)c2cc(-c3ccccc3Cl)c(O)nc2n1. The summed E-state index contributed by atoms with van der Waals surface area (Å²) in [7, 11) is 0. The molecule has 1 aliphatic heterocycles. The van der Waals surface area contributed by atoms with E-state index in [1.807, 2.05) is 6.07 Å². The molecule has 0 spiro atoms. The second kappa shape index (κ2) is 8.31. The molecule has 1 atom stereocenters. The molecular weight excluding hydrogens is 406 g/mol. The number of benzene rings is 1. The lowest BCUT2D eigenvalue weighted by Gasteiger charge is -2.33. The third-order valence-electron chi connectivity index (χ3n) is 5.18. The van der Waals surface area contributed by atoms with Crippen LogP contribution in [0.5, 0.6) is 5.88 Å². The molecule has 0 saturated carbocycles. The number of hydrogen-bond acceptors (Lipinski definition) is 7. The number of carbonyl (C=O) groups is 1. The zero-order chi connectivity index (χ0) is 21.3. The maximum atomic E-state index is 12.4. The van der Waals surface area contributed by atoms with Gasteiger partial charge >= 0.3 is 6.09 Å². The Bertz CT molecular complexity index is 1110. The number of halogens is 1. The number of aromatic nitrogens is 3. The number of fused-ring (bicyclic) bond motifs is 1. The maximum Gasteiger partial charge on any atom is 0.410 e. The van der Waals surface area contributed by atoms with Gasteiger partial charge in [-0.3, -0.25) is 4.90 Å². The molecule has 0 bridgehead atoms. The summed E-state index contributed by atoms with van der Waals surface area (Å²) in [4.78, 5) is 27.2. The molecule has 2 aromatic heterocycles. The summed E-state index contributed by atoms with van der Waals surface area (Å²) >= 11 is 6.27. The number of likely N-dealkylation sites (tertiary alicyclic amines) is 1. The molecular formula is C21H22ClN5O3. The molecule has 3 heterocycles. The van der Waals surface area contributed by atoms with Crippen molar-refractivity contribution in [2.24, 2.45) is 0 Å². The van der Waals surface area contributed by atoms with Crippen LogP contribution in [-0.2, 0) is 4.74 Å². The van der Waals surface area contributed by atoms with Gasteiger partial charge in [-0.25, -0.2) is 14.8 Å². The lowest BCUT2D eigenvalue weighted by molar-refractivity contribution is 0.0745. The summed E-state index contributed by atoms with van der Waals surface area (Å²) in [5, 5.41) is 11.5. The molecule has 0 aliphatic carbocycles. The van der Waals surface area contributed by atoms with E-state index in [1.165, 1.54) is 0 Å². The highest BCUT2D eigenvalue weighted by Gasteiger charge is 2.31. The van der Waals surface area contributed by atoms with Gasteiger partial charge in [-0.15, -0.1) is 0 Å². The van der Waals surface area contributed by atoms with Crippen LogP contribution in [-0.4, -0.2) is 44.2 Å². The first kappa shape index (κ1) is 20.2. The van der Waals surface area contributed by atoms with Crippen molar-refractivity contribution in [3.63, 3.8) is 0 Å². The lowest BCUT2D eigenvalue weighted by atomic mass is 10.0. The van der Waals surface area contributed by atoms with E-state index in [2.05, 4.69) is 15.0 Å². The number of nitrogen functional groups attached to an aromatic ring is 1. The van der Waals surface area contributed by atoms with Crippen molar-refractivity contribution in [3.05, 3.63) is 41.2 Å². The third kappa shape index (κ3) is 3.70. The number of aromatic hydroxyl groups is 1. The van der Waals surface area contributed by atoms with E-state index in [-0.39, 0.29) is 23.4 Å². The van der Waals surface area contributed by atoms with Crippen molar-refractivity contribution in [2.75, 3.05) is 18.9 Å². The van der Waals surface area contributed by atoms with E-state index in [0.29, 0.717) is 46.9 Å². The number of piperidine rings is 1. The predicted molar refractivity (Wildman–Crippen MR) is 114 cm³/mol. The van der Waals surface area contributed by atoms with Gasteiger partial charge in [0.25, 0.3) is 0 Å². The third-order valence-corrected chi connectivity index (χ3v) is 5.51. The Hall–Kier alpha value is -3.13. The van der Waals surface area contributed by atoms with Gasteiger partial charge in [0.1, 0.15) is 5.82 Å². The van der Waals surface area contributed by atoms with Crippen LogP contribution in [0.2, 0.25) is 5.02 Å². The monoisotopic (exact) mass is 427 g/mol. The van der Waals surface area contributed by atoms with Crippen LogP contribution in [0.3, 0.4) is 0 Å². The molecule has 1 aliphatic rings. The topological polar surface area (TPSA) is 114 Å². The molecule has 9 heteroatoms. The first-order chi connectivity index (χ1) is 14.5. The van der Waals surface area contributed by atoms with E-state index < -0.39 is 6.09 Å². The van der Waals surface area contributed by atoms with E-state index in [0.717, 1.165) is 12.8 Å². The van der Waals surface area contributed by atoms with Crippen molar-refractivity contribution in [1.29, 1.82) is 0 Å². The van der Waals surface area contributed by atoms with Gasteiger partial charge in [-0.05, 0) is 38.3 Å². The zero-order valence-electron chi connectivity index (χ0n) is 16.5. The van der Waals surface area contributed by atoms with Gasteiger partial charge < -0.3 is 15.6 Å². The van der Waals surface area contributed by atoms with Gasteiger partial charge in [0.05, 0.1) is 18.0 Å². The van der Waals surface area contributed by atoms with Crippen molar-refractivity contribution in [1.82, 2.24) is 19.9 Å². The molecule has 4 rings (SSSR count). The second-order valence-electron chi connectivity index (χ2n) is 7.08. The Morgan fingerprint density at radius 3 is 2.83 bits per heavy atom. The largest absolute Gasteiger partial charge is 0.493 e. The Balaban J connectivity index is 1.78. The van der Waals surface area contributed by atoms with Crippen LogP contribution in [0.15, 0.2) is 30.3 Å². The molecule has 156 valence electrons. The Kier molecular flexibility index (Phi) is 5.59. The lowest BCUT2D eigenvalue weighted by Crippen LogP contribution is -2.39. The van der Waals surface area contributed by atoms with Crippen LogP contribution in [0.1, 0.15) is 38.1 Å². The van der Waals surface area contributed by atoms with Crippen LogP contribution in [0.4, 0.5) is 10.6 Å². The van der Waals surface area contributed by atoms with Crippen molar-refractivity contribution in [2.45, 2.75) is 32.2 Å². The molecule has 1 unspecified atom stereocenters. The molecule has 1 saturated heterocycles. The minimum absolute atomic E-state index is 0.203. The number of amides is 1. The van der Waals surface area contributed by atoms with E-state index >= 15 is 0 Å². The molecule has 3 N–H and O–H groups in total. The molecule has 30 heavy (non-hydrogen) atoms. The first-order valence-corrected chi connectivity index (χ1v) is 10.2. The highest BCUT2D eigenvalue weighted by atomic mass is 35.5. The summed E-state index contributed by atoms with van der Waals surface area (Å²) in [6, 6.07) is 8.48. The summed E-state index contributed by atoms with van der Waals surface area (Å²) in [5.74, 6) is 0.417. The Morgan fingerprint density at radius 1 is 1.27 bits per heavy atom. The molecule has 1 amide bonds. The number of nitrogens with two attached hydrogens (primary N) is 1. The van der Waals surface area contributed by atoms with Gasteiger partial charge in [0.15, 0.2) is 11.5 Å².